The van der Waals surface area contributed by atoms with Crippen molar-refractivity contribution < 1.29 is 0 Å². The summed E-state index contributed by atoms with van der Waals surface area (Å²) in [5.74, 6) is 1.04. The molecule has 92 valence electrons. The molecule has 0 aliphatic carbocycles. The highest BCUT2D eigenvalue weighted by Gasteiger charge is 2.13. The first-order valence-electron chi connectivity index (χ1n) is 5.62. The van der Waals surface area contributed by atoms with Gasteiger partial charge in [-0.05, 0) is 32.9 Å². The van der Waals surface area contributed by atoms with Crippen LogP contribution in [0.25, 0.3) is 16.0 Å². The molecule has 0 saturated heterocycles. The molecule has 18 heavy (non-hydrogen) atoms. The Morgan fingerprint density at radius 1 is 1.17 bits per heavy atom. The standard InChI is InChI=1S/C12H13N5S/c1-6-4-7(2)17(16-6)10-9-5-8(3)18-11(9)15-12(13)14-10/h4-5H,1-3H3,(H2,13,14,15). The zero-order valence-electron chi connectivity index (χ0n) is 10.4. The maximum Gasteiger partial charge on any atom is 0.223 e. The van der Waals surface area contributed by atoms with E-state index in [2.05, 4.69) is 21.1 Å². The Bertz CT molecular complexity index is 740. The van der Waals surface area contributed by atoms with Crippen LogP contribution in [0.3, 0.4) is 0 Å². The topological polar surface area (TPSA) is 69.6 Å². The number of nitrogens with zero attached hydrogens (tertiary/aromatic N) is 4. The van der Waals surface area contributed by atoms with E-state index in [1.165, 1.54) is 4.88 Å². The minimum Gasteiger partial charge on any atom is -0.368 e. The Morgan fingerprint density at radius 2 is 1.94 bits per heavy atom. The maximum atomic E-state index is 5.77. The van der Waals surface area contributed by atoms with Crippen LogP contribution in [0, 0.1) is 20.8 Å². The van der Waals surface area contributed by atoms with Crippen LogP contribution in [-0.4, -0.2) is 19.7 Å². The van der Waals surface area contributed by atoms with Crippen LogP contribution < -0.4 is 5.73 Å². The van der Waals surface area contributed by atoms with Crippen LogP contribution in [0.15, 0.2) is 12.1 Å². The Balaban J connectivity index is 2.37. The van der Waals surface area contributed by atoms with Gasteiger partial charge in [0, 0.05) is 10.6 Å². The molecule has 3 rings (SSSR count). The van der Waals surface area contributed by atoms with Crippen molar-refractivity contribution >= 4 is 27.5 Å². The molecular weight excluding hydrogens is 246 g/mol. The smallest absolute Gasteiger partial charge is 0.223 e. The molecule has 3 aromatic rings. The molecule has 0 spiro atoms. The molecule has 0 radical (unpaired) electrons. The van der Waals surface area contributed by atoms with Gasteiger partial charge < -0.3 is 5.73 Å². The fourth-order valence-corrected chi connectivity index (χ4v) is 2.93. The molecule has 0 aromatic carbocycles. The van der Waals surface area contributed by atoms with Gasteiger partial charge in [0.2, 0.25) is 5.95 Å². The van der Waals surface area contributed by atoms with Gasteiger partial charge in [0.1, 0.15) is 4.83 Å². The molecule has 0 saturated carbocycles. The number of nitrogens with two attached hydrogens (primary N) is 1. The van der Waals surface area contributed by atoms with Gasteiger partial charge in [0.25, 0.3) is 0 Å². The van der Waals surface area contributed by atoms with E-state index < -0.39 is 0 Å². The summed E-state index contributed by atoms with van der Waals surface area (Å²) in [5, 5.41) is 5.45. The van der Waals surface area contributed by atoms with Gasteiger partial charge in [-0.1, -0.05) is 0 Å². The van der Waals surface area contributed by atoms with Crippen molar-refractivity contribution in [3.8, 4) is 5.82 Å². The minimum absolute atomic E-state index is 0.284. The Hall–Kier alpha value is -1.95. The number of hydrogen-bond donors (Lipinski definition) is 1. The number of anilines is 1. The third kappa shape index (κ3) is 1.65. The summed E-state index contributed by atoms with van der Waals surface area (Å²) in [7, 11) is 0. The quantitative estimate of drug-likeness (QED) is 0.728. The highest BCUT2D eigenvalue weighted by atomic mass is 32.1. The highest BCUT2D eigenvalue weighted by molar-refractivity contribution is 7.18. The molecule has 5 nitrogen and oxygen atoms in total. The zero-order chi connectivity index (χ0) is 12.9. The molecule has 0 bridgehead atoms. The molecule has 0 aliphatic rings. The van der Waals surface area contributed by atoms with E-state index in [-0.39, 0.29) is 5.95 Å². The first-order chi connectivity index (χ1) is 8.54. The Morgan fingerprint density at radius 3 is 2.61 bits per heavy atom. The summed E-state index contributed by atoms with van der Waals surface area (Å²) in [6, 6.07) is 4.09. The number of hydrogen-bond acceptors (Lipinski definition) is 5. The molecule has 3 aromatic heterocycles. The summed E-state index contributed by atoms with van der Waals surface area (Å²) in [6.45, 7) is 6.01. The van der Waals surface area contributed by atoms with E-state index in [1.54, 1.807) is 11.3 Å². The van der Waals surface area contributed by atoms with Crippen LogP contribution in [0.4, 0.5) is 5.95 Å². The lowest BCUT2D eigenvalue weighted by Gasteiger charge is -2.05. The second-order valence-corrected chi connectivity index (χ2v) is 5.55. The molecule has 0 fully saturated rings. The predicted molar refractivity (Wildman–Crippen MR) is 73.2 cm³/mol. The van der Waals surface area contributed by atoms with Gasteiger partial charge in [-0.25, -0.2) is 9.67 Å². The van der Waals surface area contributed by atoms with Crippen molar-refractivity contribution in [3.05, 3.63) is 28.4 Å². The Labute approximate surface area is 108 Å². The average Bonchev–Trinajstić information content (AvgIpc) is 2.79. The minimum atomic E-state index is 0.284. The maximum absolute atomic E-state index is 5.77. The first kappa shape index (κ1) is 11.2. The number of thiophene rings is 1. The van der Waals surface area contributed by atoms with Gasteiger partial charge in [0.05, 0.1) is 11.1 Å². The van der Waals surface area contributed by atoms with E-state index in [4.69, 9.17) is 5.73 Å². The molecule has 2 N–H and O–H groups in total. The average molecular weight is 259 g/mol. The number of rotatable bonds is 1. The monoisotopic (exact) mass is 259 g/mol. The summed E-state index contributed by atoms with van der Waals surface area (Å²) in [5.41, 5.74) is 7.77. The van der Waals surface area contributed by atoms with Crippen LogP contribution in [0.2, 0.25) is 0 Å². The molecule has 0 aliphatic heterocycles. The number of nitrogen functional groups attached to an aromatic ring is 1. The third-order valence-corrected chi connectivity index (χ3v) is 3.67. The summed E-state index contributed by atoms with van der Waals surface area (Å²) in [4.78, 5) is 10.7. The SMILES string of the molecule is Cc1cc(C)n(-c2nc(N)nc3sc(C)cc23)n1. The van der Waals surface area contributed by atoms with Crippen LogP contribution in [0.5, 0.6) is 0 Å². The van der Waals surface area contributed by atoms with Gasteiger partial charge in [-0.2, -0.15) is 10.1 Å². The van der Waals surface area contributed by atoms with Crippen molar-refractivity contribution in [2.45, 2.75) is 20.8 Å². The van der Waals surface area contributed by atoms with Gasteiger partial charge in [-0.15, -0.1) is 11.3 Å². The lowest BCUT2D eigenvalue weighted by atomic mass is 10.3. The van der Waals surface area contributed by atoms with Crippen molar-refractivity contribution in [1.29, 1.82) is 0 Å². The first-order valence-corrected chi connectivity index (χ1v) is 6.43. The van der Waals surface area contributed by atoms with Gasteiger partial charge in [0.15, 0.2) is 5.82 Å². The lowest BCUT2D eigenvalue weighted by Crippen LogP contribution is -2.05. The second-order valence-electron chi connectivity index (χ2n) is 4.32. The fourth-order valence-electron chi connectivity index (χ4n) is 2.05. The van der Waals surface area contributed by atoms with E-state index >= 15 is 0 Å². The number of aromatic nitrogens is 4. The van der Waals surface area contributed by atoms with Crippen LogP contribution in [-0.2, 0) is 0 Å². The van der Waals surface area contributed by atoms with E-state index in [9.17, 15) is 0 Å². The van der Waals surface area contributed by atoms with Crippen molar-refractivity contribution in [3.63, 3.8) is 0 Å². The van der Waals surface area contributed by atoms with Crippen LogP contribution >= 0.6 is 11.3 Å². The number of aryl methyl sites for hydroxylation is 3. The highest BCUT2D eigenvalue weighted by Crippen LogP contribution is 2.28. The molecule has 0 atom stereocenters. The molecule has 6 heteroatoms. The normalized spacial score (nSPS) is 11.3. The zero-order valence-corrected chi connectivity index (χ0v) is 11.2. The molecular formula is C12H13N5S. The Kier molecular flexibility index (Phi) is 2.34. The van der Waals surface area contributed by atoms with Crippen LogP contribution in [0.1, 0.15) is 16.3 Å². The van der Waals surface area contributed by atoms with E-state index in [0.29, 0.717) is 0 Å². The summed E-state index contributed by atoms with van der Waals surface area (Å²) in [6.07, 6.45) is 0. The lowest BCUT2D eigenvalue weighted by molar-refractivity contribution is 0.812. The fraction of sp³-hybridized carbons (Fsp3) is 0.250. The van der Waals surface area contributed by atoms with Gasteiger partial charge in [-0.3, -0.25) is 0 Å². The van der Waals surface area contributed by atoms with E-state index in [1.807, 2.05) is 31.5 Å². The van der Waals surface area contributed by atoms with Crippen molar-refractivity contribution in [2.75, 3.05) is 5.73 Å². The number of fused-ring (bicyclic) bond motifs is 1. The van der Waals surface area contributed by atoms with Crippen molar-refractivity contribution in [2.24, 2.45) is 0 Å². The summed E-state index contributed by atoms with van der Waals surface area (Å²) < 4.78 is 1.82. The molecule has 3 heterocycles. The van der Waals surface area contributed by atoms with E-state index in [0.717, 1.165) is 27.4 Å². The molecule has 0 amide bonds. The predicted octanol–water partition coefficient (Wildman–Crippen LogP) is 2.38. The molecule has 0 unspecified atom stereocenters. The largest absolute Gasteiger partial charge is 0.368 e. The van der Waals surface area contributed by atoms with Gasteiger partial charge >= 0.3 is 0 Å². The second kappa shape index (κ2) is 3.78. The third-order valence-electron chi connectivity index (χ3n) is 2.72. The van der Waals surface area contributed by atoms with Crippen molar-refractivity contribution in [1.82, 2.24) is 19.7 Å². The summed E-state index contributed by atoms with van der Waals surface area (Å²) >= 11 is 1.62.